The number of hydrogen-bond donors (Lipinski definition) is 8. The van der Waals surface area contributed by atoms with E-state index in [1.54, 1.807) is 24.3 Å². The summed E-state index contributed by atoms with van der Waals surface area (Å²) >= 11 is 0. The SMILES string of the molecule is N[C@H](Cc1ccccc1)C(=O)NCC(=O)N[C@H](Cc1ccc(O)cc1)C(=O)N[C@H](Cc1ccc(O)cc1)C(=O)NCC(=O)O. The summed E-state index contributed by atoms with van der Waals surface area (Å²) in [6.45, 7) is -1.16. The van der Waals surface area contributed by atoms with Gasteiger partial charge >= 0.3 is 5.97 Å². The van der Waals surface area contributed by atoms with Gasteiger partial charge in [0.25, 0.3) is 0 Å². The van der Waals surface area contributed by atoms with Crippen molar-refractivity contribution in [3.05, 3.63) is 95.6 Å². The molecule has 13 heteroatoms. The lowest BCUT2D eigenvalue weighted by Gasteiger charge is -2.23. The number of nitrogens with one attached hydrogen (secondary N) is 4. The molecule has 232 valence electrons. The zero-order valence-electron chi connectivity index (χ0n) is 23.7. The molecule has 0 aliphatic carbocycles. The Morgan fingerprint density at radius 1 is 0.591 bits per heavy atom. The van der Waals surface area contributed by atoms with Crippen LogP contribution in [0, 0.1) is 0 Å². The number of carbonyl (C=O) groups is 5. The summed E-state index contributed by atoms with van der Waals surface area (Å²) in [5.41, 5.74) is 7.96. The van der Waals surface area contributed by atoms with Gasteiger partial charge in [0.05, 0.1) is 12.6 Å². The lowest BCUT2D eigenvalue weighted by molar-refractivity contribution is -0.138. The van der Waals surface area contributed by atoms with Crippen molar-refractivity contribution >= 4 is 29.6 Å². The van der Waals surface area contributed by atoms with E-state index in [9.17, 15) is 34.2 Å². The molecular formula is C31H35N5O8. The normalized spacial score (nSPS) is 12.7. The lowest BCUT2D eigenvalue weighted by Crippen LogP contribution is -2.56. The largest absolute Gasteiger partial charge is 0.508 e. The number of carboxylic acid groups (broad SMARTS) is 1. The molecular weight excluding hydrogens is 570 g/mol. The molecule has 0 aromatic heterocycles. The predicted molar refractivity (Wildman–Crippen MR) is 159 cm³/mol. The Hall–Kier alpha value is -5.43. The van der Waals surface area contributed by atoms with E-state index in [2.05, 4.69) is 21.3 Å². The van der Waals surface area contributed by atoms with Gasteiger partial charge in [-0.2, -0.15) is 0 Å². The molecule has 9 N–H and O–H groups in total. The first kappa shape index (κ1) is 33.1. The van der Waals surface area contributed by atoms with Crippen molar-refractivity contribution in [2.24, 2.45) is 5.73 Å². The fourth-order valence-electron chi connectivity index (χ4n) is 4.22. The van der Waals surface area contributed by atoms with Crippen molar-refractivity contribution in [3.8, 4) is 11.5 Å². The smallest absolute Gasteiger partial charge is 0.322 e. The maximum absolute atomic E-state index is 13.5. The quantitative estimate of drug-likeness (QED) is 0.114. The molecule has 3 aromatic rings. The van der Waals surface area contributed by atoms with E-state index in [-0.39, 0.29) is 30.8 Å². The van der Waals surface area contributed by atoms with Gasteiger partial charge in [0.1, 0.15) is 30.1 Å². The zero-order valence-corrected chi connectivity index (χ0v) is 23.7. The average Bonchev–Trinajstić information content (AvgIpc) is 3.00. The number of aliphatic carboxylic acids is 1. The predicted octanol–water partition coefficient (Wildman–Crippen LogP) is -0.260. The molecule has 0 bridgehead atoms. The molecule has 0 aliphatic heterocycles. The molecule has 0 saturated heterocycles. The average molecular weight is 606 g/mol. The van der Waals surface area contributed by atoms with Crippen molar-refractivity contribution in [3.63, 3.8) is 0 Å². The monoisotopic (exact) mass is 605 g/mol. The molecule has 0 saturated carbocycles. The van der Waals surface area contributed by atoms with Crippen molar-refractivity contribution < 1.29 is 39.3 Å². The summed E-state index contributed by atoms with van der Waals surface area (Å²) in [6.07, 6.45) is 0.168. The molecule has 0 unspecified atom stereocenters. The van der Waals surface area contributed by atoms with Gasteiger partial charge in [-0.25, -0.2) is 0 Å². The van der Waals surface area contributed by atoms with Crippen LogP contribution in [0.15, 0.2) is 78.9 Å². The van der Waals surface area contributed by atoms with Gasteiger partial charge in [0, 0.05) is 12.8 Å². The number of carbonyl (C=O) groups excluding carboxylic acids is 4. The molecule has 0 radical (unpaired) electrons. The van der Waals surface area contributed by atoms with Crippen molar-refractivity contribution in [1.29, 1.82) is 0 Å². The lowest BCUT2D eigenvalue weighted by atomic mass is 10.0. The second-order valence-electron chi connectivity index (χ2n) is 10.0. The number of phenols is 2. The zero-order chi connectivity index (χ0) is 32.1. The van der Waals surface area contributed by atoms with Crippen LogP contribution in [0.2, 0.25) is 0 Å². The Balaban J connectivity index is 1.71. The molecule has 3 aromatic carbocycles. The Kier molecular flexibility index (Phi) is 12.2. The molecule has 0 fully saturated rings. The highest BCUT2D eigenvalue weighted by Gasteiger charge is 2.28. The maximum Gasteiger partial charge on any atom is 0.322 e. The number of carboxylic acids is 1. The highest BCUT2D eigenvalue weighted by molar-refractivity contribution is 5.94. The van der Waals surface area contributed by atoms with Crippen LogP contribution >= 0.6 is 0 Å². The first-order valence-electron chi connectivity index (χ1n) is 13.7. The van der Waals surface area contributed by atoms with E-state index in [1.165, 1.54) is 24.3 Å². The molecule has 0 aliphatic rings. The highest BCUT2D eigenvalue weighted by Crippen LogP contribution is 2.14. The maximum atomic E-state index is 13.5. The summed E-state index contributed by atoms with van der Waals surface area (Å²) in [7, 11) is 0. The van der Waals surface area contributed by atoms with E-state index in [1.807, 2.05) is 30.3 Å². The van der Waals surface area contributed by atoms with Gasteiger partial charge in [-0.05, 0) is 47.4 Å². The summed E-state index contributed by atoms with van der Waals surface area (Å²) in [5, 5.41) is 38.0. The van der Waals surface area contributed by atoms with Crippen LogP contribution in [-0.4, -0.2) is 76.1 Å². The van der Waals surface area contributed by atoms with E-state index in [0.29, 0.717) is 11.1 Å². The van der Waals surface area contributed by atoms with Gasteiger partial charge in [-0.1, -0.05) is 54.6 Å². The van der Waals surface area contributed by atoms with Gasteiger partial charge in [-0.15, -0.1) is 0 Å². The summed E-state index contributed by atoms with van der Waals surface area (Å²) in [6, 6.07) is 17.6. The Bertz CT molecular complexity index is 1430. The Morgan fingerprint density at radius 2 is 1.07 bits per heavy atom. The molecule has 3 rings (SSSR count). The molecule has 13 nitrogen and oxygen atoms in total. The van der Waals surface area contributed by atoms with Crippen LogP contribution in [0.3, 0.4) is 0 Å². The minimum absolute atomic E-state index is 0.00240. The third-order valence-electron chi connectivity index (χ3n) is 6.51. The van der Waals surface area contributed by atoms with Gasteiger partial charge in [-0.3, -0.25) is 24.0 Å². The van der Waals surface area contributed by atoms with E-state index < -0.39 is 60.8 Å². The minimum atomic E-state index is -1.28. The van der Waals surface area contributed by atoms with E-state index in [0.717, 1.165) is 5.56 Å². The minimum Gasteiger partial charge on any atom is -0.508 e. The topological polar surface area (TPSA) is 220 Å². The molecule has 3 atom stereocenters. The number of benzene rings is 3. The van der Waals surface area contributed by atoms with Crippen LogP contribution < -0.4 is 27.0 Å². The number of amides is 4. The van der Waals surface area contributed by atoms with Gasteiger partial charge in [0.2, 0.25) is 23.6 Å². The van der Waals surface area contributed by atoms with Crippen LogP contribution in [0.4, 0.5) is 0 Å². The Labute approximate surface area is 253 Å². The third-order valence-corrected chi connectivity index (χ3v) is 6.51. The molecule has 44 heavy (non-hydrogen) atoms. The highest BCUT2D eigenvalue weighted by atomic mass is 16.4. The van der Waals surface area contributed by atoms with E-state index >= 15 is 0 Å². The second kappa shape index (κ2) is 16.3. The third kappa shape index (κ3) is 11.1. The van der Waals surface area contributed by atoms with Crippen molar-refractivity contribution in [2.45, 2.75) is 37.4 Å². The number of aromatic hydroxyl groups is 2. The Morgan fingerprint density at radius 3 is 1.59 bits per heavy atom. The number of rotatable bonds is 15. The van der Waals surface area contributed by atoms with E-state index in [4.69, 9.17) is 10.8 Å². The number of phenolic OH excluding ortho intramolecular Hbond substituents is 2. The summed E-state index contributed by atoms with van der Waals surface area (Å²) in [5.74, 6) is -4.08. The van der Waals surface area contributed by atoms with Crippen LogP contribution in [0.25, 0.3) is 0 Å². The van der Waals surface area contributed by atoms with Crippen LogP contribution in [0.1, 0.15) is 16.7 Å². The van der Waals surface area contributed by atoms with Crippen molar-refractivity contribution in [2.75, 3.05) is 13.1 Å². The second-order valence-corrected chi connectivity index (χ2v) is 10.0. The number of nitrogens with two attached hydrogens (primary N) is 1. The van der Waals surface area contributed by atoms with Crippen LogP contribution in [0.5, 0.6) is 11.5 Å². The summed E-state index contributed by atoms with van der Waals surface area (Å²) in [4.78, 5) is 62.7. The van der Waals surface area contributed by atoms with Gasteiger partial charge < -0.3 is 42.3 Å². The first-order valence-corrected chi connectivity index (χ1v) is 13.7. The first-order chi connectivity index (χ1) is 21.0. The number of hydrogen-bond acceptors (Lipinski definition) is 8. The molecule has 0 spiro atoms. The fraction of sp³-hybridized carbons (Fsp3) is 0.258. The molecule has 0 heterocycles. The van der Waals surface area contributed by atoms with Crippen molar-refractivity contribution in [1.82, 2.24) is 21.3 Å². The standard InChI is InChI=1S/C31H35N5O8/c32-24(14-19-4-2-1-3-5-19)29(42)33-17-27(39)35-26(16-21-8-12-23(38)13-9-21)31(44)36-25(30(43)34-18-28(40)41)15-20-6-10-22(37)11-7-20/h1-13,24-26,37-38H,14-18,32H2,(H,33,42)(H,34,43)(H,35,39)(H,36,44)(H,40,41)/t24-,25-,26-/m1/s1. The summed E-state index contributed by atoms with van der Waals surface area (Å²) < 4.78 is 0. The fourth-order valence-corrected chi connectivity index (χ4v) is 4.22. The van der Waals surface area contributed by atoms with Crippen LogP contribution in [-0.2, 0) is 43.2 Å². The molecule has 4 amide bonds. The van der Waals surface area contributed by atoms with Gasteiger partial charge in [0.15, 0.2) is 0 Å².